The molecule has 0 saturated carbocycles. The number of nitro groups is 1. The van der Waals surface area contributed by atoms with Crippen LogP contribution in [0.2, 0.25) is 0 Å². The minimum absolute atomic E-state index is 0.170. The number of hydrogen-bond donors (Lipinski definition) is 1. The standard InChI is InChI=1S/C13H16BrN3O4/c1-8(12(18)15-2)7-16(3)13(19)9-4-5-10(14)11(6-9)17(20)21/h4-6,8H,7H2,1-3H3,(H,15,18). The normalized spacial score (nSPS) is 11.6. The summed E-state index contributed by atoms with van der Waals surface area (Å²) in [6.45, 7) is 1.93. The maximum absolute atomic E-state index is 12.2. The Morgan fingerprint density at radius 3 is 2.62 bits per heavy atom. The average molecular weight is 358 g/mol. The molecule has 1 N–H and O–H groups in total. The molecule has 0 aliphatic carbocycles. The Kier molecular flexibility index (Phi) is 5.83. The molecule has 0 fully saturated rings. The van der Waals surface area contributed by atoms with E-state index in [9.17, 15) is 19.7 Å². The fourth-order valence-corrected chi connectivity index (χ4v) is 2.22. The van der Waals surface area contributed by atoms with E-state index >= 15 is 0 Å². The SMILES string of the molecule is CNC(=O)C(C)CN(C)C(=O)c1ccc(Br)c([N+](=O)[O-])c1. The van der Waals surface area contributed by atoms with Crippen LogP contribution in [0, 0.1) is 16.0 Å². The summed E-state index contributed by atoms with van der Waals surface area (Å²) in [6.07, 6.45) is 0. The van der Waals surface area contributed by atoms with Gasteiger partial charge in [0.15, 0.2) is 0 Å². The number of halogens is 1. The van der Waals surface area contributed by atoms with Gasteiger partial charge in [0.05, 0.1) is 15.3 Å². The van der Waals surface area contributed by atoms with Crippen molar-refractivity contribution in [1.82, 2.24) is 10.2 Å². The third-order valence-electron chi connectivity index (χ3n) is 2.98. The fraction of sp³-hybridized carbons (Fsp3) is 0.385. The number of benzene rings is 1. The molecule has 0 heterocycles. The molecule has 0 aliphatic heterocycles. The Morgan fingerprint density at radius 1 is 1.48 bits per heavy atom. The summed E-state index contributed by atoms with van der Waals surface area (Å²) in [5, 5.41) is 13.4. The van der Waals surface area contributed by atoms with E-state index in [1.165, 1.54) is 30.1 Å². The number of rotatable bonds is 5. The third kappa shape index (κ3) is 4.25. The van der Waals surface area contributed by atoms with Crippen LogP contribution in [0.5, 0.6) is 0 Å². The number of hydrogen-bond acceptors (Lipinski definition) is 4. The van der Waals surface area contributed by atoms with Crippen molar-refractivity contribution in [3.8, 4) is 0 Å². The van der Waals surface area contributed by atoms with Gasteiger partial charge in [0.1, 0.15) is 0 Å². The van der Waals surface area contributed by atoms with Crippen LogP contribution in [-0.2, 0) is 4.79 Å². The lowest BCUT2D eigenvalue weighted by Gasteiger charge is -2.20. The molecular formula is C13H16BrN3O4. The number of carbonyl (C=O) groups is 2. The van der Waals surface area contributed by atoms with E-state index in [0.717, 1.165) is 0 Å². The van der Waals surface area contributed by atoms with Crippen LogP contribution < -0.4 is 5.32 Å². The van der Waals surface area contributed by atoms with E-state index in [0.29, 0.717) is 4.47 Å². The minimum Gasteiger partial charge on any atom is -0.359 e. The van der Waals surface area contributed by atoms with Crippen molar-refractivity contribution < 1.29 is 14.5 Å². The second-order valence-corrected chi connectivity index (χ2v) is 5.48. The highest BCUT2D eigenvalue weighted by Crippen LogP contribution is 2.26. The van der Waals surface area contributed by atoms with Gasteiger partial charge in [-0.15, -0.1) is 0 Å². The molecule has 1 aromatic rings. The topological polar surface area (TPSA) is 92.6 Å². The van der Waals surface area contributed by atoms with Gasteiger partial charge >= 0.3 is 0 Å². The molecular weight excluding hydrogens is 342 g/mol. The molecule has 0 spiro atoms. The molecule has 0 radical (unpaired) electrons. The molecule has 2 amide bonds. The zero-order valence-electron chi connectivity index (χ0n) is 11.9. The number of nitrogens with zero attached hydrogens (tertiary/aromatic N) is 2. The smallest absolute Gasteiger partial charge is 0.284 e. The van der Waals surface area contributed by atoms with Crippen LogP contribution in [-0.4, -0.2) is 42.3 Å². The fourth-order valence-electron chi connectivity index (χ4n) is 1.83. The first-order chi connectivity index (χ1) is 9.77. The van der Waals surface area contributed by atoms with Crippen LogP contribution >= 0.6 is 15.9 Å². The Bertz CT molecular complexity index is 577. The zero-order chi connectivity index (χ0) is 16.2. The molecule has 0 bridgehead atoms. The van der Waals surface area contributed by atoms with Gasteiger partial charge in [-0.3, -0.25) is 19.7 Å². The van der Waals surface area contributed by atoms with Gasteiger partial charge in [-0.05, 0) is 28.1 Å². The molecule has 1 unspecified atom stereocenters. The van der Waals surface area contributed by atoms with Gasteiger partial charge in [-0.1, -0.05) is 6.92 Å². The summed E-state index contributed by atoms with van der Waals surface area (Å²) < 4.78 is 0.311. The lowest BCUT2D eigenvalue weighted by atomic mass is 10.1. The van der Waals surface area contributed by atoms with Crippen molar-refractivity contribution in [2.45, 2.75) is 6.92 Å². The molecule has 114 valence electrons. The maximum Gasteiger partial charge on any atom is 0.284 e. The van der Waals surface area contributed by atoms with Crippen molar-refractivity contribution in [3.05, 3.63) is 38.3 Å². The molecule has 1 rings (SSSR count). The van der Waals surface area contributed by atoms with Crippen LogP contribution in [0.15, 0.2) is 22.7 Å². The van der Waals surface area contributed by atoms with Crippen molar-refractivity contribution in [2.75, 3.05) is 20.6 Å². The summed E-state index contributed by atoms with van der Waals surface area (Å²) in [6, 6.07) is 4.18. The Morgan fingerprint density at radius 2 is 2.10 bits per heavy atom. The molecule has 0 aliphatic rings. The van der Waals surface area contributed by atoms with Gasteiger partial charge in [-0.2, -0.15) is 0 Å². The first-order valence-electron chi connectivity index (χ1n) is 6.19. The maximum atomic E-state index is 12.2. The molecule has 1 atom stereocenters. The van der Waals surface area contributed by atoms with E-state index in [2.05, 4.69) is 21.2 Å². The number of carbonyl (C=O) groups excluding carboxylic acids is 2. The average Bonchev–Trinajstić information content (AvgIpc) is 2.45. The molecule has 1 aromatic carbocycles. The van der Waals surface area contributed by atoms with E-state index in [1.54, 1.807) is 14.0 Å². The Hall–Kier alpha value is -1.96. The molecule has 7 nitrogen and oxygen atoms in total. The Balaban J connectivity index is 2.90. The highest BCUT2D eigenvalue weighted by Gasteiger charge is 2.21. The lowest BCUT2D eigenvalue weighted by Crippen LogP contribution is -2.37. The second-order valence-electron chi connectivity index (χ2n) is 4.62. The van der Waals surface area contributed by atoms with E-state index in [-0.39, 0.29) is 35.5 Å². The van der Waals surface area contributed by atoms with Crippen molar-refractivity contribution in [3.63, 3.8) is 0 Å². The summed E-state index contributed by atoms with van der Waals surface area (Å²) >= 11 is 3.07. The predicted molar refractivity (Wildman–Crippen MR) is 81.0 cm³/mol. The highest BCUT2D eigenvalue weighted by molar-refractivity contribution is 9.10. The number of nitrogens with one attached hydrogen (secondary N) is 1. The molecule has 8 heteroatoms. The van der Waals surface area contributed by atoms with Crippen molar-refractivity contribution >= 4 is 33.4 Å². The number of amides is 2. The highest BCUT2D eigenvalue weighted by atomic mass is 79.9. The second kappa shape index (κ2) is 7.16. The predicted octanol–water partition coefficient (Wildman–Crippen LogP) is 1.81. The van der Waals surface area contributed by atoms with Crippen molar-refractivity contribution in [2.24, 2.45) is 5.92 Å². The summed E-state index contributed by atoms with van der Waals surface area (Å²) in [4.78, 5) is 35.4. The van der Waals surface area contributed by atoms with E-state index in [1.807, 2.05) is 0 Å². The summed E-state index contributed by atoms with van der Waals surface area (Å²) in [5.41, 5.74) is 0.0325. The zero-order valence-corrected chi connectivity index (χ0v) is 13.5. The number of nitro benzene ring substituents is 1. The molecule has 0 aromatic heterocycles. The Labute approximate surface area is 130 Å². The van der Waals surface area contributed by atoms with Crippen LogP contribution in [0.4, 0.5) is 5.69 Å². The summed E-state index contributed by atoms with van der Waals surface area (Å²) in [7, 11) is 3.08. The van der Waals surface area contributed by atoms with Gasteiger partial charge in [-0.25, -0.2) is 0 Å². The molecule has 21 heavy (non-hydrogen) atoms. The van der Waals surface area contributed by atoms with Crippen molar-refractivity contribution in [1.29, 1.82) is 0 Å². The van der Waals surface area contributed by atoms with Gasteiger partial charge in [0.2, 0.25) is 5.91 Å². The van der Waals surface area contributed by atoms with Crippen LogP contribution in [0.25, 0.3) is 0 Å². The minimum atomic E-state index is -0.561. The monoisotopic (exact) mass is 357 g/mol. The van der Waals surface area contributed by atoms with E-state index < -0.39 is 4.92 Å². The third-order valence-corrected chi connectivity index (χ3v) is 3.65. The first kappa shape index (κ1) is 17.1. The van der Waals surface area contributed by atoms with Gasteiger partial charge < -0.3 is 10.2 Å². The molecule has 0 saturated heterocycles. The van der Waals surface area contributed by atoms with Gasteiger partial charge in [0.25, 0.3) is 11.6 Å². The quantitative estimate of drug-likeness (QED) is 0.642. The van der Waals surface area contributed by atoms with Crippen LogP contribution in [0.1, 0.15) is 17.3 Å². The van der Waals surface area contributed by atoms with Gasteiger partial charge in [0, 0.05) is 32.3 Å². The first-order valence-corrected chi connectivity index (χ1v) is 6.98. The van der Waals surface area contributed by atoms with Crippen LogP contribution in [0.3, 0.4) is 0 Å². The lowest BCUT2D eigenvalue weighted by molar-refractivity contribution is -0.385. The largest absolute Gasteiger partial charge is 0.359 e. The van der Waals surface area contributed by atoms with E-state index in [4.69, 9.17) is 0 Å². The summed E-state index contributed by atoms with van der Waals surface area (Å²) in [5.74, 6) is -0.910.